The third-order valence-electron chi connectivity index (χ3n) is 2.62. The third-order valence-corrected chi connectivity index (χ3v) is 3.40. The molecule has 0 bridgehead atoms. The summed E-state index contributed by atoms with van der Waals surface area (Å²) < 4.78 is 4.87. The molecule has 0 amide bonds. The van der Waals surface area contributed by atoms with Crippen molar-refractivity contribution >= 4 is 23.3 Å². The average Bonchev–Trinajstić information content (AvgIpc) is 2.78. The first kappa shape index (κ1) is 13.6. The number of aliphatic carboxylic acids is 1. The van der Waals surface area contributed by atoms with Crippen LogP contribution in [0.1, 0.15) is 25.3 Å². The van der Waals surface area contributed by atoms with Crippen LogP contribution in [0.15, 0.2) is 11.6 Å². The first-order chi connectivity index (χ1) is 8.06. The second-order valence-corrected chi connectivity index (χ2v) is 4.54. The summed E-state index contributed by atoms with van der Waals surface area (Å²) in [6.45, 7) is 3.49. The molecule has 5 nitrogen and oxygen atoms in total. The van der Waals surface area contributed by atoms with E-state index in [0.29, 0.717) is 5.01 Å². The zero-order valence-electron chi connectivity index (χ0n) is 9.80. The number of carboxylic acids is 1. The molecule has 0 saturated heterocycles. The van der Waals surface area contributed by atoms with E-state index >= 15 is 0 Å². The predicted molar refractivity (Wildman–Crippen MR) is 62.8 cm³/mol. The van der Waals surface area contributed by atoms with E-state index in [0.717, 1.165) is 0 Å². The standard InChI is InChI=1S/C11H15NO4S/c1-3-11(9(13)14,10(15)16-4-2)7-8-12-5-6-17-8/h5-6H,3-4,7H2,1-2H3,(H,13,14). The summed E-state index contributed by atoms with van der Waals surface area (Å²) in [5.41, 5.74) is -1.52. The Morgan fingerprint density at radius 2 is 2.24 bits per heavy atom. The zero-order chi connectivity index (χ0) is 12.9. The fourth-order valence-corrected chi connectivity index (χ4v) is 2.25. The van der Waals surface area contributed by atoms with Gasteiger partial charge in [0.1, 0.15) is 0 Å². The number of nitrogens with zero attached hydrogens (tertiary/aromatic N) is 1. The van der Waals surface area contributed by atoms with Gasteiger partial charge in [-0.2, -0.15) is 0 Å². The van der Waals surface area contributed by atoms with E-state index < -0.39 is 17.4 Å². The van der Waals surface area contributed by atoms with Gasteiger partial charge in [-0.15, -0.1) is 11.3 Å². The van der Waals surface area contributed by atoms with Gasteiger partial charge >= 0.3 is 11.9 Å². The Hall–Kier alpha value is -1.43. The van der Waals surface area contributed by atoms with Gasteiger partial charge in [0.2, 0.25) is 0 Å². The van der Waals surface area contributed by atoms with Crippen LogP contribution in [-0.4, -0.2) is 28.6 Å². The van der Waals surface area contributed by atoms with Crippen LogP contribution in [0, 0.1) is 5.41 Å². The molecule has 0 aliphatic heterocycles. The highest BCUT2D eigenvalue weighted by Gasteiger charge is 2.46. The molecule has 6 heteroatoms. The van der Waals surface area contributed by atoms with Gasteiger partial charge in [0.15, 0.2) is 5.41 Å². The fourth-order valence-electron chi connectivity index (χ4n) is 1.52. The van der Waals surface area contributed by atoms with E-state index in [2.05, 4.69) is 4.98 Å². The second kappa shape index (κ2) is 5.77. The van der Waals surface area contributed by atoms with Crippen LogP contribution in [0.3, 0.4) is 0 Å². The first-order valence-corrected chi connectivity index (χ1v) is 6.23. The van der Waals surface area contributed by atoms with Crippen molar-refractivity contribution in [3.8, 4) is 0 Å². The fraction of sp³-hybridized carbons (Fsp3) is 0.545. The van der Waals surface area contributed by atoms with E-state index in [-0.39, 0.29) is 19.4 Å². The molecule has 0 radical (unpaired) electrons. The summed E-state index contributed by atoms with van der Waals surface area (Å²) >= 11 is 1.34. The van der Waals surface area contributed by atoms with Gasteiger partial charge in [0, 0.05) is 18.0 Å². The van der Waals surface area contributed by atoms with Gasteiger partial charge in [-0.1, -0.05) is 6.92 Å². The van der Waals surface area contributed by atoms with Crippen LogP contribution in [-0.2, 0) is 20.7 Å². The minimum Gasteiger partial charge on any atom is -0.480 e. The van der Waals surface area contributed by atoms with Crippen LogP contribution in [0.25, 0.3) is 0 Å². The quantitative estimate of drug-likeness (QED) is 0.620. The molecule has 1 N–H and O–H groups in total. The molecule has 0 spiro atoms. The van der Waals surface area contributed by atoms with E-state index in [1.807, 2.05) is 0 Å². The molecule has 0 fully saturated rings. The van der Waals surface area contributed by atoms with Crippen LogP contribution in [0.5, 0.6) is 0 Å². The van der Waals surface area contributed by atoms with Crippen LogP contribution in [0.4, 0.5) is 0 Å². The van der Waals surface area contributed by atoms with Crippen molar-refractivity contribution in [3.05, 3.63) is 16.6 Å². The highest BCUT2D eigenvalue weighted by atomic mass is 32.1. The molecule has 1 aromatic heterocycles. The van der Waals surface area contributed by atoms with Crippen molar-refractivity contribution in [3.63, 3.8) is 0 Å². The average molecular weight is 257 g/mol. The molecule has 1 heterocycles. The zero-order valence-corrected chi connectivity index (χ0v) is 10.6. The molecule has 0 aliphatic carbocycles. The predicted octanol–water partition coefficient (Wildman–Crippen LogP) is 1.73. The van der Waals surface area contributed by atoms with E-state index in [9.17, 15) is 14.7 Å². The van der Waals surface area contributed by atoms with E-state index in [1.165, 1.54) is 11.3 Å². The Morgan fingerprint density at radius 1 is 1.53 bits per heavy atom. The third kappa shape index (κ3) is 2.82. The summed E-state index contributed by atoms with van der Waals surface area (Å²) in [4.78, 5) is 27.2. The monoisotopic (exact) mass is 257 g/mol. The molecular formula is C11H15NO4S. The van der Waals surface area contributed by atoms with Crippen molar-refractivity contribution in [2.24, 2.45) is 5.41 Å². The minimum absolute atomic E-state index is 0.0787. The van der Waals surface area contributed by atoms with E-state index in [1.54, 1.807) is 25.4 Å². The number of aromatic nitrogens is 1. The lowest BCUT2D eigenvalue weighted by molar-refractivity contribution is -0.168. The highest BCUT2D eigenvalue weighted by Crippen LogP contribution is 2.30. The number of carbonyl (C=O) groups is 2. The Labute approximate surface area is 103 Å². The van der Waals surface area contributed by atoms with Crippen LogP contribution < -0.4 is 0 Å². The second-order valence-electron chi connectivity index (χ2n) is 3.56. The largest absolute Gasteiger partial charge is 0.480 e. The molecular weight excluding hydrogens is 242 g/mol. The highest BCUT2D eigenvalue weighted by molar-refractivity contribution is 7.09. The molecule has 94 valence electrons. The normalized spacial score (nSPS) is 14.0. The summed E-state index contributed by atoms with van der Waals surface area (Å²) in [7, 11) is 0. The summed E-state index contributed by atoms with van der Waals surface area (Å²) in [6, 6.07) is 0. The van der Waals surface area contributed by atoms with Gasteiger partial charge in [-0.25, -0.2) is 4.98 Å². The molecule has 1 unspecified atom stereocenters. The molecule has 1 rings (SSSR count). The number of hydrogen-bond acceptors (Lipinski definition) is 5. The number of esters is 1. The van der Waals surface area contributed by atoms with Gasteiger partial charge in [0.25, 0.3) is 0 Å². The number of rotatable bonds is 6. The first-order valence-electron chi connectivity index (χ1n) is 5.35. The molecule has 0 aromatic carbocycles. The van der Waals surface area contributed by atoms with Crippen molar-refractivity contribution in [2.45, 2.75) is 26.7 Å². The number of thiazole rings is 1. The molecule has 17 heavy (non-hydrogen) atoms. The number of hydrogen-bond donors (Lipinski definition) is 1. The van der Waals surface area contributed by atoms with Gasteiger partial charge in [-0.3, -0.25) is 9.59 Å². The van der Waals surface area contributed by atoms with Crippen LogP contribution >= 0.6 is 11.3 Å². The van der Waals surface area contributed by atoms with Gasteiger partial charge < -0.3 is 9.84 Å². The molecule has 1 aromatic rings. The Bertz CT molecular complexity index is 390. The summed E-state index contributed by atoms with van der Waals surface area (Å²) in [5.74, 6) is -1.85. The van der Waals surface area contributed by atoms with E-state index in [4.69, 9.17) is 4.74 Å². The Balaban J connectivity index is 3.00. The van der Waals surface area contributed by atoms with Crippen molar-refractivity contribution in [2.75, 3.05) is 6.61 Å². The minimum atomic E-state index is -1.52. The smallest absolute Gasteiger partial charge is 0.323 e. The number of carbonyl (C=O) groups excluding carboxylic acids is 1. The van der Waals surface area contributed by atoms with Crippen molar-refractivity contribution < 1.29 is 19.4 Å². The van der Waals surface area contributed by atoms with Crippen LogP contribution in [0.2, 0.25) is 0 Å². The summed E-state index contributed by atoms with van der Waals surface area (Å²) in [5, 5.41) is 11.7. The van der Waals surface area contributed by atoms with Gasteiger partial charge in [-0.05, 0) is 13.3 Å². The molecule has 0 aliphatic rings. The number of ether oxygens (including phenoxy) is 1. The van der Waals surface area contributed by atoms with Gasteiger partial charge in [0.05, 0.1) is 11.6 Å². The SMILES string of the molecule is CCOC(=O)C(CC)(Cc1nccs1)C(=O)O. The Kier molecular flexibility index (Phi) is 4.62. The molecule has 0 saturated carbocycles. The van der Waals surface area contributed by atoms with Crippen molar-refractivity contribution in [1.29, 1.82) is 0 Å². The molecule has 1 atom stereocenters. The lowest BCUT2D eigenvalue weighted by Crippen LogP contribution is -2.42. The number of carboxylic acid groups (broad SMARTS) is 1. The lowest BCUT2D eigenvalue weighted by Gasteiger charge is -2.24. The Morgan fingerprint density at radius 3 is 2.65 bits per heavy atom. The lowest BCUT2D eigenvalue weighted by atomic mass is 9.82. The maximum absolute atomic E-state index is 11.8. The maximum atomic E-state index is 11.8. The topological polar surface area (TPSA) is 76.5 Å². The maximum Gasteiger partial charge on any atom is 0.323 e. The summed E-state index contributed by atoms with van der Waals surface area (Å²) in [6.07, 6.45) is 1.85. The van der Waals surface area contributed by atoms with Crippen molar-refractivity contribution in [1.82, 2.24) is 4.98 Å².